The van der Waals surface area contributed by atoms with Crippen LogP contribution >= 0.6 is 12.6 Å². The Morgan fingerprint density at radius 1 is 1.24 bits per heavy atom. The number of imidazole rings is 1. The number of benzene rings is 1. The van der Waals surface area contributed by atoms with Crippen LogP contribution in [0.4, 0.5) is 0 Å². The van der Waals surface area contributed by atoms with Gasteiger partial charge in [0.1, 0.15) is 17.9 Å². The minimum atomic E-state index is -0.917. The van der Waals surface area contributed by atoms with Gasteiger partial charge in [-0.25, -0.2) is 4.98 Å². The van der Waals surface area contributed by atoms with E-state index in [-0.39, 0.29) is 18.9 Å². The van der Waals surface area contributed by atoms with Crippen molar-refractivity contribution >= 4 is 41.4 Å². The van der Waals surface area contributed by atoms with E-state index in [2.05, 4.69) is 32.6 Å². The molecule has 0 saturated heterocycles. The summed E-state index contributed by atoms with van der Waals surface area (Å²) in [6.45, 7) is 0.548. The SMILES string of the molecule is COC(=O)CNC(=O)c1ccc2c(c1)nc(C1(NC(=O)CCS)C=C(N)C=CC1)n2CC1CCCCC1. The van der Waals surface area contributed by atoms with Crippen LogP contribution in [0.2, 0.25) is 0 Å². The van der Waals surface area contributed by atoms with E-state index in [1.807, 2.05) is 24.3 Å². The lowest BCUT2D eigenvalue weighted by molar-refractivity contribution is -0.139. The predicted molar refractivity (Wildman–Crippen MR) is 145 cm³/mol. The molecule has 10 heteroatoms. The van der Waals surface area contributed by atoms with Crippen LogP contribution in [-0.4, -0.2) is 46.7 Å². The molecule has 2 amide bonds. The molecular weight excluding hydrogens is 490 g/mol. The fourth-order valence-electron chi connectivity index (χ4n) is 5.24. The Hall–Kier alpha value is -3.27. The molecule has 4 rings (SSSR count). The van der Waals surface area contributed by atoms with Gasteiger partial charge in [-0.3, -0.25) is 14.4 Å². The molecule has 1 saturated carbocycles. The third kappa shape index (κ3) is 6.18. The lowest BCUT2D eigenvalue weighted by atomic mass is 9.87. The fourth-order valence-corrected chi connectivity index (χ4v) is 5.44. The first kappa shape index (κ1) is 26.8. The maximum atomic E-state index is 12.8. The van der Waals surface area contributed by atoms with Crippen LogP contribution in [0.3, 0.4) is 0 Å². The van der Waals surface area contributed by atoms with Crippen molar-refractivity contribution in [2.45, 2.75) is 57.0 Å². The number of carbonyl (C=O) groups excluding carboxylic acids is 3. The maximum absolute atomic E-state index is 12.8. The quantitative estimate of drug-likeness (QED) is 0.294. The van der Waals surface area contributed by atoms with E-state index in [1.54, 1.807) is 12.1 Å². The molecule has 198 valence electrons. The molecule has 9 nitrogen and oxygen atoms in total. The molecule has 1 unspecified atom stereocenters. The molecule has 1 aromatic heterocycles. The predicted octanol–water partition coefficient (Wildman–Crippen LogP) is 2.95. The van der Waals surface area contributed by atoms with Crippen LogP contribution in [0.25, 0.3) is 11.0 Å². The van der Waals surface area contributed by atoms with Crippen molar-refractivity contribution in [3.63, 3.8) is 0 Å². The molecule has 2 aliphatic rings. The third-order valence-electron chi connectivity index (χ3n) is 7.06. The highest BCUT2D eigenvalue weighted by Gasteiger charge is 2.38. The van der Waals surface area contributed by atoms with E-state index in [0.717, 1.165) is 24.9 Å². The Kier molecular flexibility index (Phi) is 8.58. The van der Waals surface area contributed by atoms with Gasteiger partial charge in [-0.1, -0.05) is 25.3 Å². The summed E-state index contributed by atoms with van der Waals surface area (Å²) in [5.41, 5.74) is 7.78. The molecule has 1 atom stereocenters. The van der Waals surface area contributed by atoms with Gasteiger partial charge in [0, 0.05) is 24.2 Å². The number of ether oxygens (including phenoxy) is 1. The number of thiol groups is 1. The van der Waals surface area contributed by atoms with Crippen molar-refractivity contribution in [3.8, 4) is 0 Å². The normalized spacial score (nSPS) is 19.9. The number of hydrogen-bond donors (Lipinski definition) is 4. The summed E-state index contributed by atoms with van der Waals surface area (Å²) in [7, 11) is 1.27. The lowest BCUT2D eigenvalue weighted by Gasteiger charge is -2.34. The molecule has 0 bridgehead atoms. The van der Waals surface area contributed by atoms with Gasteiger partial charge in [-0.15, -0.1) is 0 Å². The van der Waals surface area contributed by atoms with E-state index in [9.17, 15) is 14.4 Å². The number of allylic oxidation sites excluding steroid dienone is 1. The standard InChI is InChI=1S/C27H35N5O4S/c1-36-24(34)16-29-25(35)19-9-10-22-21(14-19)30-26(32(22)17-18-6-3-2-4-7-18)27(31-23(33)11-13-37)12-5-8-20(28)15-27/h5,8-10,14-15,18,37H,2-4,6-7,11-13,16-17,28H2,1H3,(H,29,35)(H,31,33). The van der Waals surface area contributed by atoms with Gasteiger partial charge >= 0.3 is 5.97 Å². The molecule has 1 heterocycles. The highest BCUT2D eigenvalue weighted by atomic mass is 32.1. The number of carbonyl (C=O) groups is 3. The number of aromatic nitrogens is 2. The van der Waals surface area contributed by atoms with Crippen molar-refractivity contribution < 1.29 is 19.1 Å². The number of nitrogens with two attached hydrogens (primary N) is 1. The topological polar surface area (TPSA) is 128 Å². The summed E-state index contributed by atoms with van der Waals surface area (Å²) in [6, 6.07) is 5.34. The molecule has 4 N–H and O–H groups in total. The van der Waals surface area contributed by atoms with Crippen molar-refractivity contribution in [3.05, 3.63) is 53.5 Å². The lowest BCUT2D eigenvalue weighted by Crippen LogP contribution is -2.47. The number of esters is 1. The first-order valence-electron chi connectivity index (χ1n) is 12.8. The van der Waals surface area contributed by atoms with Gasteiger partial charge in [0.15, 0.2) is 0 Å². The van der Waals surface area contributed by atoms with E-state index in [0.29, 0.717) is 40.7 Å². The Morgan fingerprint density at radius 2 is 2.03 bits per heavy atom. The van der Waals surface area contributed by atoms with E-state index >= 15 is 0 Å². The van der Waals surface area contributed by atoms with Gasteiger partial charge in [0.2, 0.25) is 5.91 Å². The summed E-state index contributed by atoms with van der Waals surface area (Å²) < 4.78 is 6.79. The monoisotopic (exact) mass is 525 g/mol. The van der Waals surface area contributed by atoms with Crippen molar-refractivity contribution in [1.82, 2.24) is 20.2 Å². The van der Waals surface area contributed by atoms with Crippen LogP contribution in [0.5, 0.6) is 0 Å². The molecular formula is C27H35N5O4S. The number of amides is 2. The van der Waals surface area contributed by atoms with Crippen molar-refractivity contribution in [2.24, 2.45) is 11.7 Å². The van der Waals surface area contributed by atoms with Gasteiger partial charge in [0.25, 0.3) is 5.91 Å². The summed E-state index contributed by atoms with van der Waals surface area (Å²) >= 11 is 4.22. The fraction of sp³-hybridized carbons (Fsp3) is 0.481. The van der Waals surface area contributed by atoms with Crippen LogP contribution in [0.15, 0.2) is 42.1 Å². The molecule has 0 aliphatic heterocycles. The molecule has 0 radical (unpaired) electrons. The average Bonchev–Trinajstić information content (AvgIpc) is 3.26. The second-order valence-corrected chi connectivity index (χ2v) is 10.2. The zero-order chi connectivity index (χ0) is 26.4. The van der Waals surface area contributed by atoms with Gasteiger partial charge in [-0.05, 0) is 61.3 Å². The highest BCUT2D eigenvalue weighted by molar-refractivity contribution is 7.80. The third-order valence-corrected chi connectivity index (χ3v) is 7.28. The molecule has 2 aliphatic carbocycles. The van der Waals surface area contributed by atoms with Crippen LogP contribution in [0.1, 0.15) is 61.1 Å². The van der Waals surface area contributed by atoms with Gasteiger partial charge in [0.05, 0.1) is 18.1 Å². The van der Waals surface area contributed by atoms with E-state index in [4.69, 9.17) is 10.7 Å². The molecule has 1 aromatic carbocycles. The largest absolute Gasteiger partial charge is 0.468 e. The number of hydrogen-bond acceptors (Lipinski definition) is 7. The van der Waals surface area contributed by atoms with Crippen molar-refractivity contribution in [2.75, 3.05) is 19.4 Å². The first-order chi connectivity index (χ1) is 17.8. The first-order valence-corrected chi connectivity index (χ1v) is 13.4. The molecule has 0 spiro atoms. The summed E-state index contributed by atoms with van der Waals surface area (Å²) in [6.07, 6.45) is 12.4. The minimum absolute atomic E-state index is 0.131. The number of methoxy groups -OCH3 is 1. The number of rotatable bonds is 9. The number of nitrogens with one attached hydrogen (secondary N) is 2. The number of fused-ring (bicyclic) bond motifs is 1. The smallest absolute Gasteiger partial charge is 0.325 e. The van der Waals surface area contributed by atoms with Crippen LogP contribution in [-0.2, 0) is 26.4 Å². The van der Waals surface area contributed by atoms with E-state index in [1.165, 1.54) is 26.4 Å². The average molecular weight is 526 g/mol. The van der Waals surface area contributed by atoms with Crippen LogP contribution in [0, 0.1) is 5.92 Å². The summed E-state index contributed by atoms with van der Waals surface area (Å²) in [5, 5.41) is 5.76. The molecule has 2 aromatic rings. The second kappa shape index (κ2) is 11.9. The molecule has 1 fully saturated rings. The second-order valence-electron chi connectivity index (χ2n) is 9.76. The highest BCUT2D eigenvalue weighted by Crippen LogP contribution is 2.35. The van der Waals surface area contributed by atoms with E-state index < -0.39 is 17.4 Å². The Labute approximate surface area is 222 Å². The summed E-state index contributed by atoms with van der Waals surface area (Å²) in [5.74, 6) is 0.575. The Balaban J connectivity index is 1.78. The maximum Gasteiger partial charge on any atom is 0.325 e. The van der Waals surface area contributed by atoms with Crippen molar-refractivity contribution in [1.29, 1.82) is 0 Å². The zero-order valence-corrected chi connectivity index (χ0v) is 22.1. The minimum Gasteiger partial charge on any atom is -0.468 e. The molecule has 37 heavy (non-hydrogen) atoms. The Bertz CT molecular complexity index is 1230. The summed E-state index contributed by atoms with van der Waals surface area (Å²) in [4.78, 5) is 42.0. The van der Waals surface area contributed by atoms with Gasteiger partial charge < -0.3 is 25.7 Å². The zero-order valence-electron chi connectivity index (χ0n) is 21.2. The number of nitrogens with zero attached hydrogens (tertiary/aromatic N) is 2. The van der Waals surface area contributed by atoms with Crippen LogP contribution < -0.4 is 16.4 Å². The van der Waals surface area contributed by atoms with Gasteiger partial charge in [-0.2, -0.15) is 12.6 Å². The Morgan fingerprint density at radius 3 is 2.73 bits per heavy atom.